The fourth-order valence-electron chi connectivity index (χ4n) is 1.00. The molecule has 0 aromatic rings. The van der Waals surface area contributed by atoms with Crippen LogP contribution in [0.4, 0.5) is 0 Å². The van der Waals surface area contributed by atoms with Gasteiger partial charge >= 0.3 is 5.97 Å². The molecule has 0 aliphatic carbocycles. The number of carboxylic acid groups (broad SMARTS) is 1. The summed E-state index contributed by atoms with van der Waals surface area (Å²) in [6.07, 6.45) is 2.66. The van der Waals surface area contributed by atoms with Crippen LogP contribution in [-0.4, -0.2) is 54.6 Å². The van der Waals surface area contributed by atoms with Gasteiger partial charge in [0.1, 0.15) is 0 Å². The molecule has 0 saturated carbocycles. The van der Waals surface area contributed by atoms with E-state index < -0.39 is 21.7 Å². The van der Waals surface area contributed by atoms with Gasteiger partial charge in [0.2, 0.25) is 10.0 Å². The lowest BCUT2D eigenvalue weighted by Gasteiger charge is -2.23. The van der Waals surface area contributed by atoms with Crippen molar-refractivity contribution in [2.75, 3.05) is 24.8 Å². The second-order valence-electron chi connectivity index (χ2n) is 3.30. The van der Waals surface area contributed by atoms with E-state index in [-0.39, 0.29) is 6.04 Å². The molecular weight excluding hydrogens is 238 g/mol. The summed E-state index contributed by atoms with van der Waals surface area (Å²) in [5, 5.41) is 8.45. The molecular formula is C8H17NO4S2. The van der Waals surface area contributed by atoms with E-state index in [1.54, 1.807) is 18.7 Å². The normalized spacial score (nSPS) is 14.1. The molecule has 0 aliphatic rings. The fraction of sp³-hybridized carbons (Fsp3) is 0.875. The number of thioether (sulfide) groups is 1. The number of carbonyl (C=O) groups is 1. The predicted molar refractivity (Wildman–Crippen MR) is 61.6 cm³/mol. The summed E-state index contributed by atoms with van der Waals surface area (Å²) < 4.78 is 24.1. The van der Waals surface area contributed by atoms with E-state index in [1.807, 2.05) is 6.26 Å². The largest absolute Gasteiger partial charge is 0.480 e. The van der Waals surface area contributed by atoms with Gasteiger partial charge in [-0.2, -0.15) is 11.8 Å². The summed E-state index contributed by atoms with van der Waals surface area (Å²) in [5.74, 6) is -1.31. The summed E-state index contributed by atoms with van der Waals surface area (Å²) in [5.41, 5.74) is 0. The summed E-state index contributed by atoms with van der Waals surface area (Å²) >= 11 is 1.63. The topological polar surface area (TPSA) is 74.7 Å². The van der Waals surface area contributed by atoms with Gasteiger partial charge in [-0.15, -0.1) is 0 Å². The molecule has 1 unspecified atom stereocenters. The van der Waals surface area contributed by atoms with Crippen molar-refractivity contribution in [2.45, 2.75) is 19.4 Å². The molecule has 0 amide bonds. The molecule has 0 aliphatic heterocycles. The molecule has 1 atom stereocenters. The maximum absolute atomic E-state index is 11.5. The third-order valence-corrected chi connectivity index (χ3v) is 4.60. The zero-order valence-corrected chi connectivity index (χ0v) is 10.8. The quantitative estimate of drug-likeness (QED) is 0.716. The summed E-state index contributed by atoms with van der Waals surface area (Å²) in [7, 11) is -2.24. The monoisotopic (exact) mass is 255 g/mol. The van der Waals surface area contributed by atoms with Crippen LogP contribution < -0.4 is 0 Å². The number of nitrogens with zero attached hydrogens (tertiary/aromatic N) is 1. The molecule has 90 valence electrons. The summed E-state index contributed by atoms with van der Waals surface area (Å²) in [6, 6.07) is -0.165. The van der Waals surface area contributed by atoms with Gasteiger partial charge in [0.15, 0.2) is 5.75 Å². The third-order valence-electron chi connectivity index (χ3n) is 2.11. The fourth-order valence-corrected chi connectivity index (χ4v) is 2.75. The van der Waals surface area contributed by atoms with Gasteiger partial charge in [-0.1, -0.05) is 0 Å². The molecule has 15 heavy (non-hydrogen) atoms. The van der Waals surface area contributed by atoms with Gasteiger partial charge in [0.25, 0.3) is 0 Å². The van der Waals surface area contributed by atoms with E-state index in [2.05, 4.69) is 0 Å². The predicted octanol–water partition coefficient (Wildman–Crippen LogP) is 0.474. The highest BCUT2D eigenvalue weighted by Gasteiger charge is 2.25. The van der Waals surface area contributed by atoms with Gasteiger partial charge in [0.05, 0.1) is 0 Å². The molecule has 0 spiro atoms. The van der Waals surface area contributed by atoms with Crippen LogP contribution in [0.3, 0.4) is 0 Å². The molecule has 0 aromatic heterocycles. The Morgan fingerprint density at radius 3 is 2.47 bits per heavy atom. The first-order valence-electron chi connectivity index (χ1n) is 4.47. The van der Waals surface area contributed by atoms with Gasteiger partial charge in [-0.25, -0.2) is 12.7 Å². The molecule has 5 nitrogen and oxygen atoms in total. The molecule has 0 saturated heterocycles. The van der Waals surface area contributed by atoms with E-state index in [0.717, 1.165) is 16.5 Å². The highest BCUT2D eigenvalue weighted by atomic mass is 32.2. The van der Waals surface area contributed by atoms with Crippen LogP contribution in [0.1, 0.15) is 13.3 Å². The Morgan fingerprint density at radius 1 is 1.53 bits per heavy atom. The highest BCUT2D eigenvalue weighted by molar-refractivity contribution is 7.98. The number of rotatable bonds is 7. The molecule has 7 heteroatoms. The number of carboxylic acids is 1. The Hall–Kier alpha value is -0.270. The van der Waals surface area contributed by atoms with Crippen LogP contribution in [0.25, 0.3) is 0 Å². The third kappa shape index (κ3) is 5.39. The van der Waals surface area contributed by atoms with Crippen LogP contribution in [0.5, 0.6) is 0 Å². The first kappa shape index (κ1) is 14.7. The van der Waals surface area contributed by atoms with Crippen molar-refractivity contribution in [1.82, 2.24) is 4.31 Å². The minimum absolute atomic E-state index is 0.165. The van der Waals surface area contributed by atoms with Crippen LogP contribution in [0.2, 0.25) is 0 Å². The Labute approximate surface area is 94.9 Å². The molecule has 1 N–H and O–H groups in total. The molecule has 0 aromatic carbocycles. The lowest BCUT2D eigenvalue weighted by Crippen LogP contribution is -2.38. The van der Waals surface area contributed by atoms with Gasteiger partial charge in [-0.05, 0) is 25.4 Å². The first-order chi connectivity index (χ1) is 6.81. The summed E-state index contributed by atoms with van der Waals surface area (Å²) in [4.78, 5) is 10.3. The molecule has 0 bridgehead atoms. The zero-order valence-electron chi connectivity index (χ0n) is 9.13. The number of hydrogen-bond acceptors (Lipinski definition) is 4. The van der Waals surface area contributed by atoms with E-state index in [9.17, 15) is 13.2 Å². The van der Waals surface area contributed by atoms with Crippen molar-refractivity contribution in [3.63, 3.8) is 0 Å². The molecule has 0 fully saturated rings. The van der Waals surface area contributed by atoms with Crippen LogP contribution in [0, 0.1) is 0 Å². The van der Waals surface area contributed by atoms with Gasteiger partial charge in [-0.3, -0.25) is 4.79 Å². The Bertz CT molecular complexity index is 302. The van der Waals surface area contributed by atoms with Crippen molar-refractivity contribution in [3.8, 4) is 0 Å². The Morgan fingerprint density at radius 2 is 2.07 bits per heavy atom. The number of sulfonamides is 1. The smallest absolute Gasteiger partial charge is 0.320 e. The number of hydrogen-bond donors (Lipinski definition) is 1. The Balaban J connectivity index is 4.41. The number of aliphatic carboxylic acids is 1. The van der Waals surface area contributed by atoms with E-state index in [4.69, 9.17) is 5.11 Å². The summed E-state index contributed by atoms with van der Waals surface area (Å²) in [6.45, 7) is 1.77. The molecule has 0 rings (SSSR count). The Kier molecular flexibility index (Phi) is 6.23. The standard InChI is InChI=1S/C8H17NO4S2/c1-7(4-5-14-3)9(2)15(12,13)6-8(10)11/h7H,4-6H2,1-3H3,(H,10,11). The van der Waals surface area contributed by atoms with Crippen molar-refractivity contribution in [2.24, 2.45) is 0 Å². The zero-order chi connectivity index (χ0) is 12.1. The van der Waals surface area contributed by atoms with E-state index in [1.165, 1.54) is 7.05 Å². The lowest BCUT2D eigenvalue weighted by atomic mass is 10.3. The van der Waals surface area contributed by atoms with Crippen molar-refractivity contribution < 1.29 is 18.3 Å². The van der Waals surface area contributed by atoms with Crippen LogP contribution >= 0.6 is 11.8 Å². The minimum Gasteiger partial charge on any atom is -0.480 e. The molecule has 0 radical (unpaired) electrons. The highest BCUT2D eigenvalue weighted by Crippen LogP contribution is 2.10. The average Bonchev–Trinajstić information content (AvgIpc) is 2.10. The van der Waals surface area contributed by atoms with E-state index >= 15 is 0 Å². The SMILES string of the molecule is CSCCC(C)N(C)S(=O)(=O)CC(=O)O. The minimum atomic E-state index is -3.66. The van der Waals surface area contributed by atoms with Crippen molar-refractivity contribution in [3.05, 3.63) is 0 Å². The second-order valence-corrected chi connectivity index (χ2v) is 6.31. The lowest BCUT2D eigenvalue weighted by molar-refractivity contribution is -0.134. The maximum Gasteiger partial charge on any atom is 0.320 e. The van der Waals surface area contributed by atoms with Crippen molar-refractivity contribution >= 4 is 27.8 Å². The maximum atomic E-state index is 11.5. The van der Waals surface area contributed by atoms with Crippen LogP contribution in [-0.2, 0) is 14.8 Å². The molecule has 0 heterocycles. The first-order valence-corrected chi connectivity index (χ1v) is 7.48. The van der Waals surface area contributed by atoms with E-state index in [0.29, 0.717) is 0 Å². The average molecular weight is 255 g/mol. The second kappa shape index (κ2) is 6.34. The van der Waals surface area contributed by atoms with Gasteiger partial charge < -0.3 is 5.11 Å². The van der Waals surface area contributed by atoms with Crippen molar-refractivity contribution in [1.29, 1.82) is 0 Å². The van der Waals surface area contributed by atoms with Gasteiger partial charge in [0, 0.05) is 13.1 Å². The van der Waals surface area contributed by atoms with Crippen LogP contribution in [0.15, 0.2) is 0 Å².